The number of para-hydroxylation sites is 1. The van der Waals surface area contributed by atoms with Crippen molar-refractivity contribution < 1.29 is 18.7 Å². The summed E-state index contributed by atoms with van der Waals surface area (Å²) in [4.78, 5) is 29.3. The number of furan rings is 1. The molecule has 31 heavy (non-hydrogen) atoms. The van der Waals surface area contributed by atoms with E-state index in [1.54, 1.807) is 41.3 Å². The van der Waals surface area contributed by atoms with Gasteiger partial charge in [-0.25, -0.2) is 9.78 Å². The summed E-state index contributed by atoms with van der Waals surface area (Å²) in [5.74, 6) is 0.0805. The first-order chi connectivity index (χ1) is 15.0. The number of rotatable bonds is 6. The molecular weight excluding hydrogens is 432 g/mol. The molecule has 0 unspecified atom stereocenters. The van der Waals surface area contributed by atoms with Crippen LogP contribution in [0, 0.1) is 13.8 Å². The molecule has 2 aromatic heterocycles. The van der Waals surface area contributed by atoms with Crippen LogP contribution in [0.3, 0.4) is 0 Å². The summed E-state index contributed by atoms with van der Waals surface area (Å²) in [5.41, 5.74) is 4.26. The molecular formula is C23H20N2O4S2. The average Bonchev–Trinajstić information content (AvgIpc) is 3.36. The molecule has 1 N–H and O–H groups in total. The Hall–Kier alpha value is -3.10. The number of benzene rings is 2. The lowest BCUT2D eigenvalue weighted by molar-refractivity contribution is 0.0600. The van der Waals surface area contributed by atoms with E-state index < -0.39 is 5.97 Å². The van der Waals surface area contributed by atoms with Gasteiger partial charge in [-0.2, -0.15) is 0 Å². The number of carbonyl (C=O) groups is 2. The Bertz CT molecular complexity index is 1280. The lowest BCUT2D eigenvalue weighted by atomic mass is 10.1. The minimum absolute atomic E-state index is 0.276. The Balaban J connectivity index is 1.62. The summed E-state index contributed by atoms with van der Waals surface area (Å²) >= 11 is 3.16. The van der Waals surface area contributed by atoms with E-state index in [9.17, 15) is 9.59 Å². The molecule has 0 bridgehead atoms. The standard InChI is InChI=1S/C23H20N2O4S2/c1-13-10-15(22(27)28-3)8-9-18(13)25-21(26)20-17(12-31-23-24-14(2)11-30-23)16-6-4-5-7-19(16)29-20/h4-11H,12H2,1-3H3,(H,25,26). The molecule has 8 heteroatoms. The van der Waals surface area contributed by atoms with Gasteiger partial charge >= 0.3 is 5.97 Å². The largest absolute Gasteiger partial charge is 0.465 e. The van der Waals surface area contributed by atoms with Crippen LogP contribution in [0.4, 0.5) is 5.69 Å². The van der Waals surface area contributed by atoms with Crippen molar-refractivity contribution in [2.75, 3.05) is 12.4 Å². The van der Waals surface area contributed by atoms with Gasteiger partial charge in [0, 0.05) is 33.5 Å². The molecule has 0 aliphatic rings. The maximum absolute atomic E-state index is 13.1. The SMILES string of the molecule is COC(=O)c1ccc(NC(=O)c2oc3ccccc3c2CSc2nc(C)cs2)c(C)c1. The van der Waals surface area contributed by atoms with E-state index >= 15 is 0 Å². The van der Waals surface area contributed by atoms with Gasteiger partial charge in [0.1, 0.15) is 9.92 Å². The Labute approximate surface area is 187 Å². The molecule has 158 valence electrons. The molecule has 2 aromatic carbocycles. The molecule has 2 heterocycles. The number of thioether (sulfide) groups is 1. The van der Waals surface area contributed by atoms with Crippen LogP contribution in [0.1, 0.15) is 37.7 Å². The molecule has 0 atom stereocenters. The number of thiazole rings is 1. The first kappa shape index (κ1) is 21.1. The number of aromatic nitrogens is 1. The van der Waals surface area contributed by atoms with Gasteiger partial charge in [-0.1, -0.05) is 30.0 Å². The highest BCUT2D eigenvalue weighted by Crippen LogP contribution is 2.33. The minimum atomic E-state index is -0.421. The second-order valence-corrected chi connectivity index (χ2v) is 9.01. The number of aryl methyl sites for hydroxylation is 2. The lowest BCUT2D eigenvalue weighted by Gasteiger charge is -2.09. The molecule has 4 aromatic rings. The fourth-order valence-electron chi connectivity index (χ4n) is 3.19. The van der Waals surface area contributed by atoms with Crippen LogP contribution in [0.25, 0.3) is 11.0 Å². The maximum Gasteiger partial charge on any atom is 0.337 e. The van der Waals surface area contributed by atoms with Crippen LogP contribution in [0.5, 0.6) is 0 Å². The van der Waals surface area contributed by atoms with Gasteiger partial charge in [0.25, 0.3) is 5.91 Å². The molecule has 4 rings (SSSR count). The Morgan fingerprint density at radius 1 is 1.19 bits per heavy atom. The lowest BCUT2D eigenvalue weighted by Crippen LogP contribution is -2.14. The van der Waals surface area contributed by atoms with Gasteiger partial charge in [-0.05, 0) is 43.7 Å². The number of ether oxygens (including phenoxy) is 1. The molecule has 0 spiro atoms. The first-order valence-electron chi connectivity index (χ1n) is 9.52. The Kier molecular flexibility index (Phi) is 6.11. The molecule has 0 aliphatic heterocycles. The maximum atomic E-state index is 13.1. The molecule has 0 radical (unpaired) electrons. The average molecular weight is 453 g/mol. The fraction of sp³-hybridized carbons (Fsp3) is 0.174. The third kappa shape index (κ3) is 4.50. The summed E-state index contributed by atoms with van der Waals surface area (Å²) in [6.07, 6.45) is 0. The van der Waals surface area contributed by atoms with Gasteiger partial charge in [0.15, 0.2) is 5.76 Å². The predicted octanol–water partition coefficient (Wildman–Crippen LogP) is 5.84. The number of methoxy groups -OCH3 is 1. The molecule has 0 aliphatic carbocycles. The van der Waals surface area contributed by atoms with Crippen molar-refractivity contribution in [2.45, 2.75) is 23.9 Å². The van der Waals surface area contributed by atoms with Gasteiger partial charge in [-0.15, -0.1) is 11.3 Å². The zero-order valence-corrected chi connectivity index (χ0v) is 18.9. The minimum Gasteiger partial charge on any atom is -0.465 e. The number of esters is 1. The highest BCUT2D eigenvalue weighted by atomic mass is 32.2. The molecule has 0 fully saturated rings. The van der Waals surface area contributed by atoms with E-state index in [1.165, 1.54) is 7.11 Å². The first-order valence-corrected chi connectivity index (χ1v) is 11.4. The predicted molar refractivity (Wildman–Crippen MR) is 123 cm³/mol. The topological polar surface area (TPSA) is 81.4 Å². The third-order valence-electron chi connectivity index (χ3n) is 4.74. The van der Waals surface area contributed by atoms with Crippen LogP contribution < -0.4 is 5.32 Å². The molecule has 1 amide bonds. The van der Waals surface area contributed by atoms with E-state index in [0.717, 1.165) is 26.5 Å². The number of anilines is 1. The van der Waals surface area contributed by atoms with Crippen molar-refractivity contribution in [2.24, 2.45) is 0 Å². The zero-order valence-electron chi connectivity index (χ0n) is 17.2. The van der Waals surface area contributed by atoms with Crippen LogP contribution in [-0.4, -0.2) is 24.0 Å². The van der Waals surface area contributed by atoms with Crippen LogP contribution in [-0.2, 0) is 10.5 Å². The van der Waals surface area contributed by atoms with E-state index in [1.807, 2.05) is 43.5 Å². The monoisotopic (exact) mass is 452 g/mol. The zero-order chi connectivity index (χ0) is 22.0. The summed E-state index contributed by atoms with van der Waals surface area (Å²) in [6, 6.07) is 12.6. The number of hydrogen-bond donors (Lipinski definition) is 1. The number of nitrogens with one attached hydrogen (secondary N) is 1. The number of fused-ring (bicyclic) bond motifs is 1. The number of nitrogens with zero attached hydrogens (tertiary/aromatic N) is 1. The van der Waals surface area contributed by atoms with Crippen molar-refractivity contribution in [3.05, 3.63) is 76.0 Å². The van der Waals surface area contributed by atoms with Crippen LogP contribution in [0.2, 0.25) is 0 Å². The van der Waals surface area contributed by atoms with Crippen molar-refractivity contribution in [1.82, 2.24) is 4.98 Å². The van der Waals surface area contributed by atoms with E-state index in [0.29, 0.717) is 22.6 Å². The van der Waals surface area contributed by atoms with E-state index in [2.05, 4.69) is 10.3 Å². The number of hydrogen-bond acceptors (Lipinski definition) is 7. The van der Waals surface area contributed by atoms with Crippen LogP contribution >= 0.6 is 23.1 Å². The summed E-state index contributed by atoms with van der Waals surface area (Å²) in [7, 11) is 1.33. The van der Waals surface area contributed by atoms with Crippen molar-refractivity contribution in [3.8, 4) is 0 Å². The molecule has 6 nitrogen and oxygen atoms in total. The smallest absolute Gasteiger partial charge is 0.337 e. The summed E-state index contributed by atoms with van der Waals surface area (Å²) in [6.45, 7) is 3.78. The Morgan fingerprint density at radius 3 is 2.71 bits per heavy atom. The normalized spacial score (nSPS) is 10.9. The van der Waals surface area contributed by atoms with Crippen molar-refractivity contribution in [1.29, 1.82) is 0 Å². The van der Waals surface area contributed by atoms with Crippen molar-refractivity contribution in [3.63, 3.8) is 0 Å². The second kappa shape index (κ2) is 8.95. The van der Waals surface area contributed by atoms with E-state index in [-0.39, 0.29) is 11.7 Å². The fourth-order valence-corrected chi connectivity index (χ4v) is 5.06. The Morgan fingerprint density at radius 2 is 2.00 bits per heavy atom. The van der Waals surface area contributed by atoms with Gasteiger partial charge < -0.3 is 14.5 Å². The third-order valence-corrected chi connectivity index (χ3v) is 6.90. The second-order valence-electron chi connectivity index (χ2n) is 6.92. The summed E-state index contributed by atoms with van der Waals surface area (Å²) in [5, 5.41) is 5.82. The molecule has 0 saturated heterocycles. The van der Waals surface area contributed by atoms with E-state index in [4.69, 9.17) is 9.15 Å². The number of carbonyl (C=O) groups excluding carboxylic acids is 2. The quantitative estimate of drug-likeness (QED) is 0.292. The molecule has 0 saturated carbocycles. The van der Waals surface area contributed by atoms with Crippen LogP contribution in [0.15, 0.2) is 56.6 Å². The van der Waals surface area contributed by atoms with Gasteiger partial charge in [-0.3, -0.25) is 4.79 Å². The highest BCUT2D eigenvalue weighted by Gasteiger charge is 2.22. The summed E-state index contributed by atoms with van der Waals surface area (Å²) < 4.78 is 11.6. The number of amides is 1. The highest BCUT2D eigenvalue weighted by molar-refractivity contribution is 8.00. The van der Waals surface area contributed by atoms with Crippen molar-refractivity contribution >= 4 is 51.6 Å². The van der Waals surface area contributed by atoms with Gasteiger partial charge in [0.2, 0.25) is 0 Å². The van der Waals surface area contributed by atoms with Gasteiger partial charge in [0.05, 0.1) is 12.7 Å².